The van der Waals surface area contributed by atoms with E-state index in [0.29, 0.717) is 12.0 Å². The summed E-state index contributed by atoms with van der Waals surface area (Å²) in [5.41, 5.74) is 2.32. The normalized spacial score (nSPS) is 12.2. The van der Waals surface area contributed by atoms with Crippen molar-refractivity contribution in [2.24, 2.45) is 5.16 Å². The van der Waals surface area contributed by atoms with Gasteiger partial charge in [0.25, 0.3) is 0 Å². The third-order valence-electron chi connectivity index (χ3n) is 3.86. The van der Waals surface area contributed by atoms with Crippen LogP contribution in [0.1, 0.15) is 29.3 Å². The van der Waals surface area contributed by atoms with Gasteiger partial charge in [-0.3, -0.25) is 4.98 Å². The van der Waals surface area contributed by atoms with Gasteiger partial charge >= 0.3 is 5.97 Å². The van der Waals surface area contributed by atoms with E-state index < -0.39 is 0 Å². The number of para-hydroxylation sites is 1. The molecular formula is C21H20N2O3. The zero-order valence-corrected chi connectivity index (χ0v) is 14.5. The molecule has 3 rings (SSSR count). The van der Waals surface area contributed by atoms with Crippen molar-refractivity contribution in [1.82, 2.24) is 4.98 Å². The Hall–Kier alpha value is -3.21. The number of fused-ring (bicyclic) bond motifs is 1. The summed E-state index contributed by atoms with van der Waals surface area (Å²) in [5, 5.41) is 5.10. The fraction of sp³-hybridized carbons (Fsp3) is 0.190. The minimum Gasteiger partial charge on any atom is -0.462 e. The predicted octanol–water partition coefficient (Wildman–Crippen LogP) is 4.22. The quantitative estimate of drug-likeness (QED) is 0.364. The maximum atomic E-state index is 11.9. The molecule has 0 amide bonds. The summed E-state index contributed by atoms with van der Waals surface area (Å²) >= 11 is 0. The lowest BCUT2D eigenvalue weighted by molar-refractivity contribution is 0.0292. The van der Waals surface area contributed by atoms with Crippen LogP contribution in [-0.4, -0.2) is 29.9 Å². The van der Waals surface area contributed by atoms with Gasteiger partial charge in [0.15, 0.2) is 0 Å². The van der Waals surface area contributed by atoms with Crippen LogP contribution >= 0.6 is 0 Å². The monoisotopic (exact) mass is 348 g/mol. The Morgan fingerprint density at radius 3 is 2.77 bits per heavy atom. The minimum absolute atomic E-state index is 0.169. The molecule has 0 aliphatic rings. The Labute approximate surface area is 152 Å². The Kier molecular flexibility index (Phi) is 5.93. The standard InChI is InChI=1S/C21H20N2O3/c1-16(12-14-25-21(24)18-7-3-2-4-8-18)26-23-15-19-10-5-9-17-11-6-13-22-20(17)19/h2-11,13,15-16H,12,14H2,1H3/b23-15+. The van der Waals surface area contributed by atoms with Crippen LogP contribution in [0.3, 0.4) is 0 Å². The Morgan fingerprint density at radius 1 is 1.12 bits per heavy atom. The zero-order chi connectivity index (χ0) is 18.2. The Balaban J connectivity index is 1.47. The minimum atomic E-state index is -0.330. The van der Waals surface area contributed by atoms with Crippen LogP contribution in [0.5, 0.6) is 0 Å². The molecule has 0 saturated carbocycles. The van der Waals surface area contributed by atoms with Gasteiger partial charge in [0.05, 0.1) is 23.9 Å². The van der Waals surface area contributed by atoms with Gasteiger partial charge in [-0.2, -0.15) is 0 Å². The van der Waals surface area contributed by atoms with Crippen molar-refractivity contribution in [3.05, 3.63) is 78.0 Å². The van der Waals surface area contributed by atoms with Crippen molar-refractivity contribution in [1.29, 1.82) is 0 Å². The molecule has 1 unspecified atom stereocenters. The molecule has 0 aliphatic carbocycles. The van der Waals surface area contributed by atoms with Gasteiger partial charge in [0.1, 0.15) is 6.10 Å². The first-order chi connectivity index (χ1) is 12.7. The van der Waals surface area contributed by atoms with Gasteiger partial charge < -0.3 is 9.57 Å². The highest BCUT2D eigenvalue weighted by Gasteiger charge is 2.08. The summed E-state index contributed by atoms with van der Waals surface area (Å²) in [6, 6.07) is 18.7. The highest BCUT2D eigenvalue weighted by atomic mass is 16.6. The lowest BCUT2D eigenvalue weighted by Crippen LogP contribution is -2.12. The number of pyridine rings is 1. The second-order valence-electron chi connectivity index (χ2n) is 5.86. The SMILES string of the molecule is CC(CCOC(=O)c1ccccc1)O/N=C/c1cccc2cccnc12. The maximum absolute atomic E-state index is 11.9. The van der Waals surface area contributed by atoms with Gasteiger partial charge in [0, 0.05) is 23.6 Å². The molecule has 26 heavy (non-hydrogen) atoms. The first kappa shape index (κ1) is 17.6. The molecular weight excluding hydrogens is 328 g/mol. The maximum Gasteiger partial charge on any atom is 0.338 e. The van der Waals surface area contributed by atoms with E-state index in [9.17, 15) is 4.79 Å². The fourth-order valence-corrected chi connectivity index (χ4v) is 2.45. The lowest BCUT2D eigenvalue weighted by atomic mass is 10.1. The van der Waals surface area contributed by atoms with Crippen LogP contribution in [0.25, 0.3) is 10.9 Å². The number of hydrogen-bond acceptors (Lipinski definition) is 5. The van der Waals surface area contributed by atoms with E-state index in [-0.39, 0.29) is 18.7 Å². The summed E-state index contributed by atoms with van der Waals surface area (Å²) in [5.74, 6) is -0.330. The van der Waals surface area contributed by atoms with Gasteiger partial charge in [-0.15, -0.1) is 0 Å². The number of ether oxygens (including phenoxy) is 1. The van der Waals surface area contributed by atoms with E-state index in [1.54, 1.807) is 36.7 Å². The van der Waals surface area contributed by atoms with E-state index in [0.717, 1.165) is 16.5 Å². The fourth-order valence-electron chi connectivity index (χ4n) is 2.45. The van der Waals surface area contributed by atoms with Crippen LogP contribution in [0.4, 0.5) is 0 Å². The van der Waals surface area contributed by atoms with Crippen molar-refractivity contribution in [3.63, 3.8) is 0 Å². The molecule has 5 nitrogen and oxygen atoms in total. The largest absolute Gasteiger partial charge is 0.462 e. The number of esters is 1. The summed E-state index contributed by atoms with van der Waals surface area (Å²) in [6.45, 7) is 2.16. The summed E-state index contributed by atoms with van der Waals surface area (Å²) in [4.78, 5) is 21.7. The number of nitrogens with zero attached hydrogens (tertiary/aromatic N) is 2. The third-order valence-corrected chi connectivity index (χ3v) is 3.86. The van der Waals surface area contributed by atoms with E-state index in [4.69, 9.17) is 9.57 Å². The molecule has 132 valence electrons. The molecule has 1 atom stereocenters. The highest BCUT2D eigenvalue weighted by Crippen LogP contribution is 2.14. The number of benzene rings is 2. The molecule has 0 saturated heterocycles. The average Bonchev–Trinajstić information content (AvgIpc) is 2.69. The number of oxime groups is 1. The smallest absolute Gasteiger partial charge is 0.338 e. The van der Waals surface area contributed by atoms with E-state index >= 15 is 0 Å². The van der Waals surface area contributed by atoms with Gasteiger partial charge in [0.2, 0.25) is 0 Å². The second-order valence-corrected chi connectivity index (χ2v) is 5.86. The summed E-state index contributed by atoms with van der Waals surface area (Å²) < 4.78 is 5.24. The van der Waals surface area contributed by atoms with E-state index in [2.05, 4.69) is 10.1 Å². The van der Waals surface area contributed by atoms with Crippen molar-refractivity contribution in [2.75, 3.05) is 6.61 Å². The highest BCUT2D eigenvalue weighted by molar-refractivity contribution is 5.97. The number of carbonyl (C=O) groups is 1. The van der Waals surface area contributed by atoms with Gasteiger partial charge in [-0.25, -0.2) is 4.79 Å². The second kappa shape index (κ2) is 8.76. The molecule has 0 spiro atoms. The van der Waals surface area contributed by atoms with Crippen LogP contribution in [0.15, 0.2) is 72.0 Å². The summed E-state index contributed by atoms with van der Waals surface area (Å²) in [6.07, 6.45) is 3.80. The Morgan fingerprint density at radius 2 is 1.92 bits per heavy atom. The molecule has 5 heteroatoms. The van der Waals surface area contributed by atoms with Gasteiger partial charge in [-0.05, 0) is 25.1 Å². The molecule has 0 radical (unpaired) electrons. The topological polar surface area (TPSA) is 60.8 Å². The Bertz CT molecular complexity index is 889. The van der Waals surface area contributed by atoms with Crippen LogP contribution in [-0.2, 0) is 9.57 Å². The molecule has 0 fully saturated rings. The molecule has 2 aromatic carbocycles. The third kappa shape index (κ3) is 4.66. The first-order valence-electron chi connectivity index (χ1n) is 8.49. The first-order valence-corrected chi connectivity index (χ1v) is 8.49. The molecule has 3 aromatic rings. The van der Waals surface area contributed by atoms with Crippen molar-refractivity contribution >= 4 is 23.1 Å². The lowest BCUT2D eigenvalue weighted by Gasteiger charge is -2.10. The molecule has 1 heterocycles. The average molecular weight is 348 g/mol. The van der Waals surface area contributed by atoms with Crippen LogP contribution in [0.2, 0.25) is 0 Å². The number of aromatic nitrogens is 1. The summed E-state index contributed by atoms with van der Waals surface area (Å²) in [7, 11) is 0. The molecule has 0 bridgehead atoms. The predicted molar refractivity (Wildman–Crippen MR) is 101 cm³/mol. The van der Waals surface area contributed by atoms with E-state index in [1.807, 2.05) is 43.3 Å². The van der Waals surface area contributed by atoms with Crippen LogP contribution in [0, 0.1) is 0 Å². The van der Waals surface area contributed by atoms with Crippen molar-refractivity contribution < 1.29 is 14.4 Å². The number of hydrogen-bond donors (Lipinski definition) is 0. The van der Waals surface area contributed by atoms with E-state index in [1.165, 1.54) is 0 Å². The van der Waals surface area contributed by atoms with Crippen molar-refractivity contribution in [2.45, 2.75) is 19.4 Å². The van der Waals surface area contributed by atoms with Crippen molar-refractivity contribution in [3.8, 4) is 0 Å². The number of carbonyl (C=O) groups excluding carboxylic acids is 1. The van der Waals surface area contributed by atoms with Gasteiger partial charge in [-0.1, -0.05) is 47.6 Å². The molecule has 0 aliphatic heterocycles. The molecule has 1 aromatic heterocycles. The van der Waals surface area contributed by atoms with Crippen LogP contribution < -0.4 is 0 Å². The molecule has 0 N–H and O–H groups in total. The number of rotatable bonds is 7. The zero-order valence-electron chi connectivity index (χ0n) is 14.5.